The van der Waals surface area contributed by atoms with Gasteiger partial charge in [-0.15, -0.1) is 0 Å². The summed E-state index contributed by atoms with van der Waals surface area (Å²) in [6.07, 6.45) is 1.58. The maximum Gasteiger partial charge on any atom is 0.330 e. The lowest BCUT2D eigenvalue weighted by atomic mass is 10.3. The summed E-state index contributed by atoms with van der Waals surface area (Å²) in [5.74, 6) is 0.490. The lowest BCUT2D eigenvalue weighted by molar-refractivity contribution is 0.682. The molecule has 0 aliphatic carbocycles. The summed E-state index contributed by atoms with van der Waals surface area (Å²) in [5.41, 5.74) is 4.84. The van der Waals surface area contributed by atoms with Crippen molar-refractivity contribution < 1.29 is 4.21 Å². The van der Waals surface area contributed by atoms with Gasteiger partial charge in [-0.3, -0.25) is 18.6 Å². The Balaban J connectivity index is 3.13. The van der Waals surface area contributed by atoms with E-state index in [1.807, 2.05) is 0 Å². The van der Waals surface area contributed by atoms with E-state index in [0.29, 0.717) is 12.3 Å². The maximum absolute atomic E-state index is 11.7. The fourth-order valence-corrected chi connectivity index (χ4v) is 2.47. The van der Waals surface area contributed by atoms with E-state index < -0.39 is 22.0 Å². The van der Waals surface area contributed by atoms with Gasteiger partial charge in [0.05, 0.1) is 0 Å². The van der Waals surface area contributed by atoms with Gasteiger partial charge in [0.2, 0.25) is 0 Å². The molecule has 0 saturated heterocycles. The zero-order chi connectivity index (χ0) is 13.9. The van der Waals surface area contributed by atoms with Crippen LogP contribution in [0.1, 0.15) is 13.8 Å². The Bertz CT molecular complexity index is 563. The molecule has 4 N–H and O–H groups in total. The number of rotatable bonds is 5. The molecule has 0 aromatic carbocycles. The molecule has 0 aliphatic heterocycles. The molecule has 0 bridgehead atoms. The maximum atomic E-state index is 11.7. The zero-order valence-corrected chi connectivity index (χ0v) is 11.5. The molecule has 1 aromatic heterocycles. The number of anilines is 2. The molecule has 2 atom stereocenters. The van der Waals surface area contributed by atoms with Crippen molar-refractivity contribution in [3.8, 4) is 0 Å². The van der Waals surface area contributed by atoms with E-state index in [1.165, 1.54) is 4.57 Å². The first-order valence-electron chi connectivity index (χ1n) is 5.56. The second-order valence-electron chi connectivity index (χ2n) is 4.05. The van der Waals surface area contributed by atoms with E-state index in [9.17, 15) is 13.8 Å². The Hall–Kier alpha value is -1.57. The Kier molecular flexibility index (Phi) is 4.71. The van der Waals surface area contributed by atoms with Gasteiger partial charge in [-0.2, -0.15) is 0 Å². The summed E-state index contributed by atoms with van der Waals surface area (Å²) in [4.78, 5) is 25.3. The molecule has 0 radical (unpaired) electrons. The highest BCUT2D eigenvalue weighted by atomic mass is 32.2. The number of nitrogen functional groups attached to an aromatic ring is 1. The number of hydrogen-bond donors (Lipinski definition) is 3. The quantitative estimate of drug-likeness (QED) is 0.659. The van der Waals surface area contributed by atoms with Crippen LogP contribution in [0.4, 0.5) is 11.5 Å². The fraction of sp³-hybridized carbons (Fsp3) is 0.600. The minimum Gasteiger partial charge on any atom is -0.383 e. The van der Waals surface area contributed by atoms with E-state index in [-0.39, 0.29) is 17.5 Å². The first-order chi connectivity index (χ1) is 8.36. The van der Waals surface area contributed by atoms with Gasteiger partial charge >= 0.3 is 5.69 Å². The van der Waals surface area contributed by atoms with Crippen molar-refractivity contribution in [3.05, 3.63) is 20.8 Å². The van der Waals surface area contributed by atoms with E-state index in [1.54, 1.807) is 20.1 Å². The van der Waals surface area contributed by atoms with Gasteiger partial charge in [-0.1, -0.05) is 0 Å². The second kappa shape index (κ2) is 5.85. The molecule has 1 aromatic rings. The van der Waals surface area contributed by atoms with E-state index in [0.717, 1.165) is 0 Å². The van der Waals surface area contributed by atoms with Crippen LogP contribution >= 0.6 is 0 Å². The average Bonchev–Trinajstić information content (AvgIpc) is 2.23. The molecular weight excluding hydrogens is 256 g/mol. The summed E-state index contributed by atoms with van der Waals surface area (Å²) in [6.45, 7) is 3.91. The Labute approximate surface area is 107 Å². The van der Waals surface area contributed by atoms with Crippen molar-refractivity contribution in [2.75, 3.05) is 23.1 Å². The molecule has 0 aliphatic rings. The molecule has 0 spiro atoms. The fourth-order valence-electron chi connectivity index (χ4n) is 1.68. The summed E-state index contributed by atoms with van der Waals surface area (Å²) in [6, 6.07) is -0.179. The number of hydrogen-bond acceptors (Lipinski definition) is 5. The van der Waals surface area contributed by atoms with Crippen LogP contribution in [-0.2, 0) is 17.3 Å². The van der Waals surface area contributed by atoms with Crippen LogP contribution in [0, 0.1) is 0 Å². The first-order valence-corrected chi connectivity index (χ1v) is 7.28. The lowest BCUT2D eigenvalue weighted by Crippen LogP contribution is -2.36. The van der Waals surface area contributed by atoms with Crippen molar-refractivity contribution in [3.63, 3.8) is 0 Å². The van der Waals surface area contributed by atoms with Crippen LogP contribution < -0.4 is 22.3 Å². The topological polar surface area (TPSA) is 110 Å². The Morgan fingerprint density at radius 3 is 2.61 bits per heavy atom. The van der Waals surface area contributed by atoms with Gasteiger partial charge in [-0.25, -0.2) is 4.79 Å². The summed E-state index contributed by atoms with van der Waals surface area (Å²) < 4.78 is 12.4. The zero-order valence-electron chi connectivity index (χ0n) is 10.6. The van der Waals surface area contributed by atoms with Crippen LogP contribution in [0.2, 0.25) is 0 Å². The molecule has 102 valence electrons. The van der Waals surface area contributed by atoms with Crippen LogP contribution in [0.3, 0.4) is 0 Å². The van der Waals surface area contributed by atoms with Crippen LogP contribution in [0.15, 0.2) is 9.59 Å². The third-order valence-corrected chi connectivity index (χ3v) is 3.40. The number of aromatic nitrogens is 2. The van der Waals surface area contributed by atoms with Crippen molar-refractivity contribution in [1.29, 1.82) is 0 Å². The van der Waals surface area contributed by atoms with E-state index in [2.05, 4.69) is 10.3 Å². The summed E-state index contributed by atoms with van der Waals surface area (Å²) in [7, 11) is -0.978. The number of nitrogens with two attached hydrogens (primary N) is 1. The number of nitrogens with zero attached hydrogens (tertiary/aromatic N) is 1. The number of nitrogens with one attached hydrogen (secondary N) is 2. The van der Waals surface area contributed by atoms with Gasteiger partial charge in [0.15, 0.2) is 0 Å². The Morgan fingerprint density at radius 2 is 2.11 bits per heavy atom. The van der Waals surface area contributed by atoms with Crippen LogP contribution in [0.5, 0.6) is 0 Å². The van der Waals surface area contributed by atoms with Crippen LogP contribution in [-0.4, -0.2) is 31.8 Å². The molecule has 1 rings (SSSR count). The average molecular weight is 274 g/mol. The molecule has 8 heteroatoms. The summed E-state index contributed by atoms with van der Waals surface area (Å²) in [5, 5.41) is 2.89. The van der Waals surface area contributed by atoms with E-state index >= 15 is 0 Å². The van der Waals surface area contributed by atoms with Crippen molar-refractivity contribution in [2.45, 2.75) is 26.4 Å². The monoisotopic (exact) mass is 274 g/mol. The van der Waals surface area contributed by atoms with Gasteiger partial charge in [0, 0.05) is 35.4 Å². The molecule has 0 fully saturated rings. The highest BCUT2D eigenvalue weighted by Crippen LogP contribution is 2.11. The molecule has 0 saturated carbocycles. The largest absolute Gasteiger partial charge is 0.383 e. The second-order valence-corrected chi connectivity index (χ2v) is 5.53. The Morgan fingerprint density at radius 1 is 1.50 bits per heavy atom. The molecule has 7 nitrogen and oxygen atoms in total. The van der Waals surface area contributed by atoms with Crippen molar-refractivity contribution in [2.24, 2.45) is 0 Å². The van der Waals surface area contributed by atoms with Gasteiger partial charge < -0.3 is 11.1 Å². The highest BCUT2D eigenvalue weighted by molar-refractivity contribution is 7.84. The number of aromatic amines is 1. The number of H-pyrrole nitrogens is 1. The lowest BCUT2D eigenvalue weighted by Gasteiger charge is -2.16. The SMILES string of the molecule is CCn1c(N)c(NC(C)CS(C)=O)c(=O)[nH]c1=O. The van der Waals surface area contributed by atoms with Gasteiger partial charge in [0.1, 0.15) is 11.5 Å². The van der Waals surface area contributed by atoms with Crippen LogP contribution in [0.25, 0.3) is 0 Å². The predicted molar refractivity (Wildman–Crippen MR) is 73.4 cm³/mol. The molecule has 2 unspecified atom stereocenters. The third kappa shape index (κ3) is 3.22. The third-order valence-electron chi connectivity index (χ3n) is 2.43. The minimum absolute atomic E-state index is 0.0972. The molecule has 18 heavy (non-hydrogen) atoms. The smallest absolute Gasteiger partial charge is 0.330 e. The molecule has 1 heterocycles. The molecular formula is C10H18N4O3S. The first kappa shape index (κ1) is 14.5. The highest BCUT2D eigenvalue weighted by Gasteiger charge is 2.14. The van der Waals surface area contributed by atoms with E-state index in [4.69, 9.17) is 5.73 Å². The normalized spacial score (nSPS) is 14.2. The molecule has 0 amide bonds. The minimum atomic E-state index is -0.978. The van der Waals surface area contributed by atoms with Gasteiger partial charge in [-0.05, 0) is 13.8 Å². The van der Waals surface area contributed by atoms with Gasteiger partial charge in [0.25, 0.3) is 5.56 Å². The predicted octanol–water partition coefficient (Wildman–Crippen LogP) is -0.682. The van der Waals surface area contributed by atoms with Crippen molar-refractivity contribution in [1.82, 2.24) is 9.55 Å². The summed E-state index contributed by atoms with van der Waals surface area (Å²) >= 11 is 0. The standard InChI is InChI=1S/C10H18N4O3S/c1-4-14-8(11)7(9(15)13-10(14)16)12-6(2)5-18(3)17/h6,12H,4-5,11H2,1-3H3,(H,13,15,16). The van der Waals surface area contributed by atoms with Crippen molar-refractivity contribution >= 4 is 22.3 Å².